The van der Waals surface area contributed by atoms with E-state index in [2.05, 4.69) is 16.4 Å². The maximum Gasteiger partial charge on any atom is 0.253 e. The molecule has 2 aromatic carbocycles. The summed E-state index contributed by atoms with van der Waals surface area (Å²) in [4.78, 5) is 17.6. The number of pyridine rings is 1. The molecule has 0 radical (unpaired) electrons. The lowest BCUT2D eigenvalue weighted by atomic mass is 10.0. The van der Waals surface area contributed by atoms with Gasteiger partial charge in [0.15, 0.2) is 5.11 Å². The second-order valence-corrected chi connectivity index (χ2v) is 7.76. The fraction of sp³-hybridized carbons (Fsp3) is 0.304. The molecule has 1 aromatic heterocycles. The zero-order valence-corrected chi connectivity index (χ0v) is 18.2. The van der Waals surface area contributed by atoms with Gasteiger partial charge in [0.25, 0.3) is 5.56 Å². The minimum atomic E-state index is -0.289. The Kier molecular flexibility index (Phi) is 7.18. The van der Waals surface area contributed by atoms with E-state index < -0.39 is 0 Å². The van der Waals surface area contributed by atoms with Crippen LogP contribution in [0.15, 0.2) is 47.3 Å². The highest BCUT2D eigenvalue weighted by Crippen LogP contribution is 2.19. The molecule has 1 heterocycles. The second kappa shape index (κ2) is 9.82. The minimum absolute atomic E-state index is 0.142. The number of methoxy groups -OCH3 is 1. The van der Waals surface area contributed by atoms with Crippen LogP contribution in [-0.4, -0.2) is 35.3 Å². The van der Waals surface area contributed by atoms with E-state index >= 15 is 0 Å². The first-order valence-corrected chi connectivity index (χ1v) is 10.2. The van der Waals surface area contributed by atoms with Crippen LogP contribution >= 0.6 is 12.2 Å². The Labute approximate surface area is 180 Å². The van der Waals surface area contributed by atoms with Crippen molar-refractivity contribution in [1.29, 1.82) is 0 Å². The number of hydrogen-bond acceptors (Lipinski definition) is 3. The van der Waals surface area contributed by atoms with Gasteiger partial charge < -0.3 is 19.9 Å². The van der Waals surface area contributed by atoms with E-state index in [9.17, 15) is 9.18 Å². The maximum absolute atomic E-state index is 13.3. The van der Waals surface area contributed by atoms with Crippen LogP contribution in [0.4, 0.5) is 4.39 Å². The summed E-state index contributed by atoms with van der Waals surface area (Å²) >= 11 is 5.57. The molecule has 7 heteroatoms. The number of H-pyrrole nitrogens is 1. The zero-order chi connectivity index (χ0) is 21.7. The molecule has 0 unspecified atom stereocenters. The van der Waals surface area contributed by atoms with Gasteiger partial charge in [0.1, 0.15) is 5.82 Å². The Hall–Kier alpha value is -2.77. The first kappa shape index (κ1) is 21.9. The van der Waals surface area contributed by atoms with E-state index in [1.54, 1.807) is 19.2 Å². The molecule has 0 fully saturated rings. The molecule has 0 aliphatic carbocycles. The summed E-state index contributed by atoms with van der Waals surface area (Å²) in [5.74, 6) is -0.289. The van der Waals surface area contributed by atoms with Gasteiger partial charge in [-0.3, -0.25) is 4.79 Å². The number of aryl methyl sites for hydroxylation is 2. The van der Waals surface area contributed by atoms with Gasteiger partial charge in [-0.15, -0.1) is 0 Å². The predicted octanol–water partition coefficient (Wildman–Crippen LogP) is 3.81. The summed E-state index contributed by atoms with van der Waals surface area (Å²) in [6.07, 6.45) is 0. The van der Waals surface area contributed by atoms with Crippen molar-refractivity contribution < 1.29 is 9.13 Å². The lowest BCUT2D eigenvalue weighted by Crippen LogP contribution is -2.41. The van der Waals surface area contributed by atoms with E-state index in [4.69, 9.17) is 17.0 Å². The largest absolute Gasteiger partial charge is 0.383 e. The number of halogens is 1. The molecule has 0 amide bonds. The standard InChI is InChI=1S/C23H26FN3O2S/c1-15-10-16(2)20-12-18(22(28)26-21(20)11-15)14-27(23(30)25-8-9-29-3)13-17-4-6-19(24)7-5-17/h4-7,10-12H,8-9,13-14H2,1-3H3,(H,25,30)(H,26,28). The van der Waals surface area contributed by atoms with Crippen molar-refractivity contribution >= 4 is 28.2 Å². The van der Waals surface area contributed by atoms with E-state index in [0.29, 0.717) is 36.9 Å². The third-order valence-electron chi connectivity index (χ3n) is 4.91. The first-order chi connectivity index (χ1) is 14.4. The van der Waals surface area contributed by atoms with Crippen molar-refractivity contribution in [2.75, 3.05) is 20.3 Å². The Morgan fingerprint density at radius 1 is 1.17 bits per heavy atom. The van der Waals surface area contributed by atoms with Gasteiger partial charge in [0, 0.05) is 36.7 Å². The number of fused-ring (bicyclic) bond motifs is 1. The molecule has 158 valence electrons. The molecule has 0 aliphatic heterocycles. The van der Waals surface area contributed by atoms with E-state index in [1.165, 1.54) is 12.1 Å². The number of benzene rings is 2. The molecular weight excluding hydrogens is 401 g/mol. The van der Waals surface area contributed by atoms with Crippen molar-refractivity contribution in [1.82, 2.24) is 15.2 Å². The second-order valence-electron chi connectivity index (χ2n) is 7.37. The molecule has 0 saturated heterocycles. The summed E-state index contributed by atoms with van der Waals surface area (Å²) in [6, 6.07) is 12.3. The smallest absolute Gasteiger partial charge is 0.253 e. The zero-order valence-electron chi connectivity index (χ0n) is 17.4. The fourth-order valence-electron chi connectivity index (χ4n) is 3.42. The van der Waals surface area contributed by atoms with Crippen molar-refractivity contribution in [3.05, 3.63) is 80.9 Å². The van der Waals surface area contributed by atoms with Crippen molar-refractivity contribution in [3.63, 3.8) is 0 Å². The summed E-state index contributed by atoms with van der Waals surface area (Å²) in [5, 5.41) is 4.68. The van der Waals surface area contributed by atoms with E-state index in [0.717, 1.165) is 27.6 Å². The molecule has 30 heavy (non-hydrogen) atoms. The average Bonchev–Trinajstić information content (AvgIpc) is 2.70. The van der Waals surface area contributed by atoms with Crippen LogP contribution in [0, 0.1) is 19.7 Å². The van der Waals surface area contributed by atoms with Crippen molar-refractivity contribution in [2.45, 2.75) is 26.9 Å². The number of ether oxygens (including phenoxy) is 1. The molecule has 0 atom stereocenters. The van der Waals surface area contributed by atoms with Gasteiger partial charge in [-0.2, -0.15) is 0 Å². The highest BCUT2D eigenvalue weighted by atomic mass is 32.1. The van der Waals surface area contributed by atoms with Gasteiger partial charge in [0.05, 0.1) is 13.2 Å². The Bertz CT molecular complexity index is 1100. The summed E-state index contributed by atoms with van der Waals surface area (Å²) in [7, 11) is 1.62. The van der Waals surface area contributed by atoms with Gasteiger partial charge in [0.2, 0.25) is 0 Å². The lowest BCUT2D eigenvalue weighted by molar-refractivity contribution is 0.202. The van der Waals surface area contributed by atoms with Gasteiger partial charge in [-0.25, -0.2) is 4.39 Å². The van der Waals surface area contributed by atoms with Crippen LogP contribution in [0.1, 0.15) is 22.3 Å². The van der Waals surface area contributed by atoms with E-state index in [1.807, 2.05) is 30.9 Å². The fourth-order valence-corrected chi connectivity index (χ4v) is 3.65. The van der Waals surface area contributed by atoms with Crippen molar-refractivity contribution in [3.8, 4) is 0 Å². The number of nitrogens with zero attached hydrogens (tertiary/aromatic N) is 1. The molecule has 0 saturated carbocycles. The van der Waals surface area contributed by atoms with Crippen LogP contribution in [0.3, 0.4) is 0 Å². The number of aromatic nitrogens is 1. The topological polar surface area (TPSA) is 57.4 Å². The summed E-state index contributed by atoms with van der Waals surface area (Å²) in [6.45, 7) is 5.89. The highest BCUT2D eigenvalue weighted by Gasteiger charge is 2.15. The number of thiocarbonyl (C=S) groups is 1. The molecule has 0 aliphatic rings. The van der Waals surface area contributed by atoms with Gasteiger partial charge in [-0.05, 0) is 67.0 Å². The quantitative estimate of drug-likeness (QED) is 0.444. The number of nitrogens with one attached hydrogen (secondary N) is 2. The normalized spacial score (nSPS) is 10.9. The third kappa shape index (κ3) is 5.43. The summed E-state index contributed by atoms with van der Waals surface area (Å²) in [5.41, 5.74) is 4.41. The average molecular weight is 428 g/mol. The van der Waals surface area contributed by atoms with Gasteiger partial charge in [-0.1, -0.05) is 18.2 Å². The Morgan fingerprint density at radius 2 is 1.90 bits per heavy atom. The van der Waals surface area contributed by atoms with Crippen LogP contribution in [0.5, 0.6) is 0 Å². The monoisotopic (exact) mass is 427 g/mol. The molecule has 5 nitrogen and oxygen atoms in total. The first-order valence-electron chi connectivity index (χ1n) is 9.76. The lowest BCUT2D eigenvalue weighted by Gasteiger charge is -2.26. The maximum atomic E-state index is 13.3. The Balaban J connectivity index is 1.91. The van der Waals surface area contributed by atoms with Crippen LogP contribution < -0.4 is 10.9 Å². The van der Waals surface area contributed by atoms with Gasteiger partial charge >= 0.3 is 0 Å². The van der Waals surface area contributed by atoms with Crippen molar-refractivity contribution in [2.24, 2.45) is 0 Å². The molecule has 3 aromatic rings. The predicted molar refractivity (Wildman–Crippen MR) is 122 cm³/mol. The molecule has 0 spiro atoms. The molecule has 2 N–H and O–H groups in total. The molecule has 3 rings (SSSR count). The number of rotatable bonds is 7. The number of hydrogen-bond donors (Lipinski definition) is 2. The highest BCUT2D eigenvalue weighted by molar-refractivity contribution is 7.80. The van der Waals surface area contributed by atoms with Crippen LogP contribution in [0.25, 0.3) is 10.9 Å². The SMILES string of the molecule is COCCNC(=S)N(Cc1ccc(F)cc1)Cc1cc2c(C)cc(C)cc2[nH]c1=O. The van der Waals surface area contributed by atoms with Crippen LogP contribution in [0.2, 0.25) is 0 Å². The minimum Gasteiger partial charge on any atom is -0.383 e. The van der Waals surface area contributed by atoms with Crippen LogP contribution in [-0.2, 0) is 17.8 Å². The molecular formula is C23H26FN3O2S. The third-order valence-corrected chi connectivity index (χ3v) is 5.31. The van der Waals surface area contributed by atoms with E-state index in [-0.39, 0.29) is 11.4 Å². The number of aromatic amines is 1. The Morgan fingerprint density at radius 3 is 2.60 bits per heavy atom. The molecule has 0 bridgehead atoms. The summed E-state index contributed by atoms with van der Waals surface area (Å²) < 4.78 is 18.4.